The highest BCUT2D eigenvalue weighted by Gasteiger charge is 2.29. The number of sulfonamides is 1. The molecule has 0 aliphatic carbocycles. The molecule has 1 amide bonds. The average molecular weight is 473 g/mol. The van der Waals surface area contributed by atoms with Crippen LogP contribution in [-0.2, 0) is 14.8 Å². The molecule has 32 heavy (non-hydrogen) atoms. The molecular formula is C23H24N2O5S2. The van der Waals surface area contributed by atoms with Crippen LogP contribution in [-0.4, -0.2) is 44.8 Å². The number of benzene rings is 2. The molecule has 2 heterocycles. The van der Waals surface area contributed by atoms with Crippen molar-refractivity contribution in [3.05, 3.63) is 59.0 Å². The van der Waals surface area contributed by atoms with E-state index in [0.29, 0.717) is 35.1 Å². The second-order valence-electron chi connectivity index (χ2n) is 7.88. The van der Waals surface area contributed by atoms with Crippen molar-refractivity contribution >= 4 is 49.0 Å². The molecule has 1 aromatic heterocycles. The summed E-state index contributed by atoms with van der Waals surface area (Å²) < 4.78 is 33.1. The predicted octanol–water partition coefficient (Wildman–Crippen LogP) is 4.36. The van der Waals surface area contributed by atoms with Crippen molar-refractivity contribution in [3.63, 3.8) is 0 Å². The first kappa shape index (κ1) is 22.4. The van der Waals surface area contributed by atoms with Crippen LogP contribution in [0.1, 0.15) is 39.8 Å². The standard InChI is InChI=1S/C23H24N2O5S2/c1-15-6-5-13-25(14-15)32(28,29)17-11-9-16(10-12-17)22(26)24-20-18-7-3-4-8-19(18)31-21(20)23(27)30-2/h3-4,7-12,15H,5-6,13-14H2,1-2H3,(H,24,26)/t15-/m1/s1. The van der Waals surface area contributed by atoms with E-state index in [0.717, 1.165) is 22.9 Å². The summed E-state index contributed by atoms with van der Waals surface area (Å²) in [6.07, 6.45) is 1.87. The first-order chi connectivity index (χ1) is 15.3. The van der Waals surface area contributed by atoms with Gasteiger partial charge in [-0.25, -0.2) is 13.2 Å². The van der Waals surface area contributed by atoms with E-state index in [2.05, 4.69) is 5.32 Å². The van der Waals surface area contributed by atoms with Crippen molar-refractivity contribution in [2.45, 2.75) is 24.7 Å². The molecule has 0 radical (unpaired) electrons. The SMILES string of the molecule is COC(=O)c1sc2ccccc2c1NC(=O)c1ccc(S(=O)(=O)N2CCC[C@@H](C)C2)cc1. The van der Waals surface area contributed by atoms with Crippen LogP contribution in [0.15, 0.2) is 53.4 Å². The largest absolute Gasteiger partial charge is 0.465 e. The van der Waals surface area contributed by atoms with Gasteiger partial charge in [-0.05, 0) is 49.1 Å². The van der Waals surface area contributed by atoms with E-state index < -0.39 is 21.9 Å². The second kappa shape index (κ2) is 9.01. The van der Waals surface area contributed by atoms with Gasteiger partial charge < -0.3 is 10.1 Å². The lowest BCUT2D eigenvalue weighted by atomic mass is 10.0. The van der Waals surface area contributed by atoms with Gasteiger partial charge in [0.25, 0.3) is 5.91 Å². The first-order valence-electron chi connectivity index (χ1n) is 10.3. The number of nitrogens with zero attached hydrogens (tertiary/aromatic N) is 1. The summed E-state index contributed by atoms with van der Waals surface area (Å²) in [4.78, 5) is 25.6. The van der Waals surface area contributed by atoms with Gasteiger partial charge in [0.05, 0.1) is 17.7 Å². The fraction of sp³-hybridized carbons (Fsp3) is 0.304. The summed E-state index contributed by atoms with van der Waals surface area (Å²) in [6.45, 7) is 3.06. The summed E-state index contributed by atoms with van der Waals surface area (Å²) in [5, 5.41) is 3.54. The number of anilines is 1. The van der Waals surface area contributed by atoms with Crippen LogP contribution in [0, 0.1) is 5.92 Å². The van der Waals surface area contributed by atoms with Gasteiger partial charge in [0.2, 0.25) is 10.0 Å². The van der Waals surface area contributed by atoms with Crippen LogP contribution in [0.3, 0.4) is 0 Å². The number of thiophene rings is 1. The number of hydrogen-bond donors (Lipinski definition) is 1. The number of carbonyl (C=O) groups is 2. The Kier molecular flexibility index (Phi) is 6.32. The molecule has 0 saturated carbocycles. The smallest absolute Gasteiger partial charge is 0.350 e. The van der Waals surface area contributed by atoms with Crippen LogP contribution >= 0.6 is 11.3 Å². The molecule has 1 atom stereocenters. The van der Waals surface area contributed by atoms with E-state index in [4.69, 9.17) is 4.74 Å². The Labute approximate surface area is 191 Å². The molecule has 4 rings (SSSR count). The zero-order valence-electron chi connectivity index (χ0n) is 17.8. The van der Waals surface area contributed by atoms with Crippen molar-refractivity contribution in [2.75, 3.05) is 25.5 Å². The van der Waals surface area contributed by atoms with E-state index in [1.54, 1.807) is 0 Å². The van der Waals surface area contributed by atoms with Gasteiger partial charge in [-0.2, -0.15) is 4.31 Å². The van der Waals surface area contributed by atoms with Crippen LogP contribution in [0.4, 0.5) is 5.69 Å². The van der Waals surface area contributed by atoms with Gasteiger partial charge in [-0.1, -0.05) is 25.1 Å². The minimum Gasteiger partial charge on any atom is -0.465 e. The van der Waals surface area contributed by atoms with Crippen LogP contribution in [0.5, 0.6) is 0 Å². The number of esters is 1. The first-order valence-corrected chi connectivity index (χ1v) is 12.6. The topological polar surface area (TPSA) is 92.8 Å². The van der Waals surface area contributed by atoms with Crippen molar-refractivity contribution in [1.82, 2.24) is 4.31 Å². The Hall–Kier alpha value is -2.75. The minimum atomic E-state index is -3.60. The third-order valence-corrected chi connectivity index (χ3v) is 8.61. The van der Waals surface area contributed by atoms with Gasteiger partial charge in [0.1, 0.15) is 4.88 Å². The Morgan fingerprint density at radius 1 is 1.12 bits per heavy atom. The Balaban J connectivity index is 1.58. The van der Waals surface area contributed by atoms with Crippen LogP contribution in [0.2, 0.25) is 0 Å². The molecule has 3 aromatic rings. The average Bonchev–Trinajstić information content (AvgIpc) is 3.17. The highest BCUT2D eigenvalue weighted by molar-refractivity contribution is 7.89. The van der Waals surface area contributed by atoms with Crippen LogP contribution in [0.25, 0.3) is 10.1 Å². The quantitative estimate of drug-likeness (QED) is 0.557. The zero-order valence-corrected chi connectivity index (χ0v) is 19.5. The summed E-state index contributed by atoms with van der Waals surface area (Å²) in [5.74, 6) is -0.638. The highest BCUT2D eigenvalue weighted by Crippen LogP contribution is 2.36. The number of ether oxygens (including phenoxy) is 1. The summed E-state index contributed by atoms with van der Waals surface area (Å²) in [6, 6.07) is 13.3. The summed E-state index contributed by atoms with van der Waals surface area (Å²) >= 11 is 1.24. The third kappa shape index (κ3) is 4.28. The lowest BCUT2D eigenvalue weighted by Crippen LogP contribution is -2.39. The number of carbonyl (C=O) groups excluding carboxylic acids is 2. The molecule has 2 aromatic carbocycles. The number of fused-ring (bicyclic) bond motifs is 1. The Morgan fingerprint density at radius 3 is 2.53 bits per heavy atom. The van der Waals surface area contributed by atoms with Crippen molar-refractivity contribution in [3.8, 4) is 0 Å². The maximum absolute atomic E-state index is 12.9. The third-order valence-electron chi connectivity index (χ3n) is 5.58. The van der Waals surface area contributed by atoms with Gasteiger partial charge in [0, 0.05) is 28.7 Å². The molecule has 1 aliphatic rings. The molecule has 1 aliphatic heterocycles. The zero-order chi connectivity index (χ0) is 22.9. The predicted molar refractivity (Wildman–Crippen MR) is 125 cm³/mol. The van der Waals surface area contributed by atoms with E-state index >= 15 is 0 Å². The number of methoxy groups -OCH3 is 1. The lowest BCUT2D eigenvalue weighted by molar-refractivity contribution is 0.0607. The van der Waals surface area contributed by atoms with Crippen LogP contribution < -0.4 is 5.32 Å². The van der Waals surface area contributed by atoms with Gasteiger partial charge >= 0.3 is 5.97 Å². The lowest BCUT2D eigenvalue weighted by Gasteiger charge is -2.30. The maximum atomic E-state index is 12.9. The molecular weight excluding hydrogens is 448 g/mol. The molecule has 7 nitrogen and oxygen atoms in total. The maximum Gasteiger partial charge on any atom is 0.350 e. The van der Waals surface area contributed by atoms with E-state index in [1.165, 1.54) is 47.0 Å². The van der Waals surface area contributed by atoms with Gasteiger partial charge in [-0.15, -0.1) is 11.3 Å². The van der Waals surface area contributed by atoms with Crippen molar-refractivity contribution in [1.29, 1.82) is 0 Å². The van der Waals surface area contributed by atoms with E-state index in [-0.39, 0.29) is 4.90 Å². The summed E-state index contributed by atoms with van der Waals surface area (Å²) in [5.41, 5.74) is 0.684. The van der Waals surface area contributed by atoms with E-state index in [1.807, 2.05) is 31.2 Å². The normalized spacial score (nSPS) is 17.2. The molecule has 168 valence electrons. The molecule has 9 heteroatoms. The Bertz CT molecular complexity index is 1270. The van der Waals surface area contributed by atoms with E-state index in [9.17, 15) is 18.0 Å². The minimum absolute atomic E-state index is 0.166. The molecule has 1 saturated heterocycles. The van der Waals surface area contributed by atoms with Crippen molar-refractivity contribution in [2.24, 2.45) is 5.92 Å². The second-order valence-corrected chi connectivity index (χ2v) is 10.9. The number of piperidine rings is 1. The molecule has 1 N–H and O–H groups in total. The molecule has 1 fully saturated rings. The number of amides is 1. The molecule has 0 spiro atoms. The Morgan fingerprint density at radius 2 is 1.84 bits per heavy atom. The fourth-order valence-corrected chi connectivity index (χ4v) is 6.56. The number of hydrogen-bond acceptors (Lipinski definition) is 6. The monoisotopic (exact) mass is 472 g/mol. The van der Waals surface area contributed by atoms with Gasteiger partial charge in [-0.3, -0.25) is 4.79 Å². The van der Waals surface area contributed by atoms with Crippen molar-refractivity contribution < 1.29 is 22.7 Å². The summed E-state index contributed by atoms with van der Waals surface area (Å²) in [7, 11) is -2.30. The fourth-order valence-electron chi connectivity index (χ4n) is 3.88. The van der Waals surface area contributed by atoms with Gasteiger partial charge in [0.15, 0.2) is 0 Å². The molecule has 0 unspecified atom stereocenters. The molecule has 0 bridgehead atoms. The highest BCUT2D eigenvalue weighted by atomic mass is 32.2. The number of nitrogens with one attached hydrogen (secondary N) is 1. The number of rotatable bonds is 5.